The third-order valence-corrected chi connectivity index (χ3v) is 4.90. The number of hydrogen-bond acceptors (Lipinski definition) is 5. The molecule has 2 heterocycles. The fourth-order valence-corrected chi connectivity index (χ4v) is 3.53. The van der Waals surface area contributed by atoms with Crippen LogP contribution in [-0.4, -0.2) is 37.3 Å². The van der Waals surface area contributed by atoms with Gasteiger partial charge in [-0.3, -0.25) is 9.78 Å². The first kappa shape index (κ1) is 18.4. The van der Waals surface area contributed by atoms with E-state index in [-0.39, 0.29) is 5.97 Å². The molecule has 1 aliphatic heterocycles. The van der Waals surface area contributed by atoms with Gasteiger partial charge in [0, 0.05) is 11.8 Å². The van der Waals surface area contributed by atoms with Crippen LogP contribution in [0, 0.1) is 0 Å². The van der Waals surface area contributed by atoms with Gasteiger partial charge < -0.3 is 14.8 Å². The fraction of sp³-hybridized carbons (Fsp3) is 0.429. The van der Waals surface area contributed by atoms with Crippen LogP contribution in [0.1, 0.15) is 32.3 Å². The van der Waals surface area contributed by atoms with Crippen molar-refractivity contribution in [2.45, 2.75) is 32.1 Å². The van der Waals surface area contributed by atoms with E-state index < -0.39 is 5.41 Å². The maximum absolute atomic E-state index is 12.7. The maximum Gasteiger partial charge on any atom is 0.316 e. The average molecular weight is 354 g/mol. The number of rotatable bonds is 6. The van der Waals surface area contributed by atoms with Crippen LogP contribution in [0.4, 0.5) is 0 Å². The van der Waals surface area contributed by atoms with Crippen molar-refractivity contribution in [3.63, 3.8) is 0 Å². The summed E-state index contributed by atoms with van der Waals surface area (Å²) in [4.78, 5) is 17.4. The molecule has 0 radical (unpaired) electrons. The molecule has 0 amide bonds. The van der Waals surface area contributed by atoms with Crippen LogP contribution >= 0.6 is 0 Å². The minimum absolute atomic E-state index is 0.147. The van der Waals surface area contributed by atoms with Crippen molar-refractivity contribution in [1.82, 2.24) is 10.3 Å². The number of ether oxygens (including phenoxy) is 2. The van der Waals surface area contributed by atoms with Gasteiger partial charge in [-0.05, 0) is 63.5 Å². The standard InChI is InChI=1S/C21H26N2O3/c1-3-25-19-8-6-5-7-17(19)18-10-9-16(15-23-18)21(20(24)26-4-2)11-13-22-14-12-21/h5-10,15,22H,3-4,11-14H2,1-2H3. The number of benzene rings is 1. The molecule has 5 heteroatoms. The van der Waals surface area contributed by atoms with Crippen molar-refractivity contribution in [1.29, 1.82) is 0 Å². The molecule has 26 heavy (non-hydrogen) atoms. The molecular weight excluding hydrogens is 328 g/mol. The molecule has 0 unspecified atom stereocenters. The largest absolute Gasteiger partial charge is 0.493 e. The lowest BCUT2D eigenvalue weighted by Crippen LogP contribution is -2.46. The number of carbonyl (C=O) groups excluding carboxylic acids is 1. The van der Waals surface area contributed by atoms with E-state index in [4.69, 9.17) is 9.47 Å². The van der Waals surface area contributed by atoms with E-state index in [0.29, 0.717) is 13.2 Å². The molecule has 0 atom stereocenters. The van der Waals surface area contributed by atoms with Gasteiger partial charge in [-0.1, -0.05) is 18.2 Å². The molecule has 3 rings (SSSR count). The van der Waals surface area contributed by atoms with Crippen LogP contribution < -0.4 is 10.1 Å². The van der Waals surface area contributed by atoms with Gasteiger partial charge in [0.05, 0.1) is 24.3 Å². The molecule has 1 aromatic carbocycles. The number of pyridine rings is 1. The van der Waals surface area contributed by atoms with E-state index in [1.54, 1.807) is 0 Å². The van der Waals surface area contributed by atoms with Gasteiger partial charge in [0.2, 0.25) is 0 Å². The summed E-state index contributed by atoms with van der Waals surface area (Å²) in [5.74, 6) is 0.669. The van der Waals surface area contributed by atoms with Gasteiger partial charge >= 0.3 is 5.97 Å². The highest BCUT2D eigenvalue weighted by Crippen LogP contribution is 2.36. The molecule has 0 saturated carbocycles. The van der Waals surface area contributed by atoms with E-state index in [2.05, 4.69) is 10.3 Å². The monoisotopic (exact) mass is 354 g/mol. The fourth-order valence-electron chi connectivity index (χ4n) is 3.53. The molecule has 1 aliphatic rings. The van der Waals surface area contributed by atoms with Gasteiger partial charge in [0.15, 0.2) is 0 Å². The highest BCUT2D eigenvalue weighted by molar-refractivity contribution is 5.83. The van der Waals surface area contributed by atoms with Crippen LogP contribution in [0.15, 0.2) is 42.6 Å². The van der Waals surface area contributed by atoms with Gasteiger partial charge in [0.25, 0.3) is 0 Å². The Hall–Kier alpha value is -2.40. The van der Waals surface area contributed by atoms with Crippen LogP contribution in [0.5, 0.6) is 5.75 Å². The maximum atomic E-state index is 12.7. The Balaban J connectivity index is 1.94. The zero-order chi connectivity index (χ0) is 18.4. The summed E-state index contributed by atoms with van der Waals surface area (Å²) in [7, 11) is 0. The second-order valence-corrected chi connectivity index (χ2v) is 6.41. The topological polar surface area (TPSA) is 60.5 Å². The SMILES string of the molecule is CCOC(=O)C1(c2ccc(-c3ccccc3OCC)nc2)CCNCC1. The Morgan fingerprint density at radius 2 is 1.88 bits per heavy atom. The smallest absolute Gasteiger partial charge is 0.316 e. The molecule has 1 saturated heterocycles. The first-order valence-corrected chi connectivity index (χ1v) is 9.28. The number of para-hydroxylation sites is 1. The molecular formula is C21H26N2O3. The van der Waals surface area contributed by atoms with Gasteiger partial charge in [0.1, 0.15) is 5.75 Å². The molecule has 0 spiro atoms. The second kappa shape index (κ2) is 8.32. The molecule has 2 aromatic rings. The number of piperidine rings is 1. The lowest BCUT2D eigenvalue weighted by atomic mass is 9.73. The van der Waals surface area contributed by atoms with E-state index >= 15 is 0 Å². The molecule has 138 valence electrons. The van der Waals surface area contributed by atoms with Crippen molar-refractivity contribution in [3.05, 3.63) is 48.2 Å². The van der Waals surface area contributed by atoms with E-state index in [1.165, 1.54) is 0 Å². The zero-order valence-electron chi connectivity index (χ0n) is 15.5. The normalized spacial score (nSPS) is 16.1. The molecule has 0 bridgehead atoms. The second-order valence-electron chi connectivity index (χ2n) is 6.41. The van der Waals surface area contributed by atoms with Crippen LogP contribution in [-0.2, 0) is 14.9 Å². The number of nitrogens with zero attached hydrogens (tertiary/aromatic N) is 1. The number of carbonyl (C=O) groups is 1. The number of esters is 1. The first-order chi connectivity index (χ1) is 12.7. The Labute approximate surface area is 154 Å². The Kier molecular flexibility index (Phi) is 5.89. The molecule has 1 N–H and O–H groups in total. The van der Waals surface area contributed by atoms with Crippen molar-refractivity contribution in [2.24, 2.45) is 0 Å². The Morgan fingerprint density at radius 1 is 1.12 bits per heavy atom. The third-order valence-electron chi connectivity index (χ3n) is 4.90. The van der Waals surface area contributed by atoms with Gasteiger partial charge in [-0.15, -0.1) is 0 Å². The number of nitrogens with one attached hydrogen (secondary N) is 1. The van der Waals surface area contributed by atoms with Gasteiger partial charge in [-0.25, -0.2) is 0 Å². The van der Waals surface area contributed by atoms with Crippen molar-refractivity contribution < 1.29 is 14.3 Å². The highest BCUT2D eigenvalue weighted by Gasteiger charge is 2.42. The van der Waals surface area contributed by atoms with Crippen molar-refractivity contribution >= 4 is 5.97 Å². The van der Waals surface area contributed by atoms with Crippen molar-refractivity contribution in [2.75, 3.05) is 26.3 Å². The molecule has 1 fully saturated rings. The van der Waals surface area contributed by atoms with E-state index in [0.717, 1.165) is 48.5 Å². The van der Waals surface area contributed by atoms with E-state index in [9.17, 15) is 4.79 Å². The lowest BCUT2D eigenvalue weighted by Gasteiger charge is -2.35. The highest BCUT2D eigenvalue weighted by atomic mass is 16.5. The summed E-state index contributed by atoms with van der Waals surface area (Å²) < 4.78 is 11.1. The first-order valence-electron chi connectivity index (χ1n) is 9.28. The van der Waals surface area contributed by atoms with Crippen LogP contribution in [0.25, 0.3) is 11.3 Å². The van der Waals surface area contributed by atoms with Crippen LogP contribution in [0.3, 0.4) is 0 Å². The minimum atomic E-state index is -0.605. The van der Waals surface area contributed by atoms with E-state index in [1.807, 2.05) is 56.4 Å². The number of hydrogen-bond donors (Lipinski definition) is 1. The minimum Gasteiger partial charge on any atom is -0.493 e. The van der Waals surface area contributed by atoms with Crippen LogP contribution in [0.2, 0.25) is 0 Å². The molecule has 1 aromatic heterocycles. The number of aromatic nitrogens is 1. The predicted octanol–water partition coefficient (Wildman–Crippen LogP) is 3.33. The summed E-state index contributed by atoms with van der Waals surface area (Å²) in [6.07, 6.45) is 3.27. The van der Waals surface area contributed by atoms with Crippen molar-refractivity contribution in [3.8, 4) is 17.0 Å². The summed E-state index contributed by atoms with van der Waals surface area (Å²) in [6.45, 7) is 6.41. The third kappa shape index (κ3) is 3.58. The molecule has 5 nitrogen and oxygen atoms in total. The quantitative estimate of drug-likeness (QED) is 0.806. The summed E-state index contributed by atoms with van der Waals surface area (Å²) in [5, 5.41) is 3.32. The zero-order valence-corrected chi connectivity index (χ0v) is 15.5. The average Bonchev–Trinajstić information content (AvgIpc) is 2.69. The predicted molar refractivity (Wildman–Crippen MR) is 101 cm³/mol. The Morgan fingerprint density at radius 3 is 2.54 bits per heavy atom. The van der Waals surface area contributed by atoms with Gasteiger partial charge in [-0.2, -0.15) is 0 Å². The summed E-state index contributed by atoms with van der Waals surface area (Å²) in [6, 6.07) is 11.8. The summed E-state index contributed by atoms with van der Waals surface area (Å²) >= 11 is 0. The molecule has 0 aliphatic carbocycles. The summed E-state index contributed by atoms with van der Waals surface area (Å²) in [5.41, 5.74) is 2.11. The lowest BCUT2D eigenvalue weighted by molar-refractivity contribution is -0.151. The Bertz CT molecular complexity index is 737.